The van der Waals surface area contributed by atoms with Crippen LogP contribution >= 0.6 is 15.9 Å². The number of hydrogen-bond acceptors (Lipinski definition) is 4. The Labute approximate surface area is 171 Å². The molecule has 0 saturated heterocycles. The number of carboxylic acid groups (broad SMARTS) is 1. The van der Waals surface area contributed by atoms with Crippen LogP contribution in [0.5, 0.6) is 5.75 Å². The molecular formula is C17H8BrF6N3O3. The highest BCUT2D eigenvalue weighted by Crippen LogP contribution is 2.34. The van der Waals surface area contributed by atoms with Gasteiger partial charge in [-0.2, -0.15) is 18.3 Å². The van der Waals surface area contributed by atoms with Crippen LogP contribution in [0.15, 0.2) is 47.1 Å². The second-order valence-electron chi connectivity index (χ2n) is 5.75. The number of carbonyl (C=O) groups is 1. The van der Waals surface area contributed by atoms with Gasteiger partial charge in [0, 0.05) is 16.2 Å². The van der Waals surface area contributed by atoms with Crippen molar-refractivity contribution in [2.24, 2.45) is 0 Å². The average Bonchev–Trinajstić information content (AvgIpc) is 3.05. The van der Waals surface area contributed by atoms with Crippen molar-refractivity contribution in [3.63, 3.8) is 0 Å². The SMILES string of the molecule is O=C(O)c1cc(-c2cc(Br)cc(OC(F)(F)F)c2)n(-c2ccnc(C(F)(F)F)c2)n1. The smallest absolute Gasteiger partial charge is 0.476 e. The first-order valence-corrected chi connectivity index (χ1v) is 8.56. The average molecular weight is 496 g/mol. The Bertz CT molecular complexity index is 1110. The van der Waals surface area contributed by atoms with Crippen molar-refractivity contribution < 1.29 is 41.0 Å². The molecule has 0 fully saturated rings. The molecule has 6 nitrogen and oxygen atoms in total. The Kier molecular flexibility index (Phi) is 5.50. The zero-order valence-electron chi connectivity index (χ0n) is 14.3. The molecule has 1 aromatic carbocycles. The van der Waals surface area contributed by atoms with E-state index in [-0.39, 0.29) is 21.4 Å². The van der Waals surface area contributed by atoms with Crippen LogP contribution in [0.3, 0.4) is 0 Å². The third-order valence-electron chi connectivity index (χ3n) is 3.61. The highest BCUT2D eigenvalue weighted by molar-refractivity contribution is 9.10. The van der Waals surface area contributed by atoms with Gasteiger partial charge in [0.15, 0.2) is 5.69 Å². The highest BCUT2D eigenvalue weighted by Gasteiger charge is 2.33. The fourth-order valence-electron chi connectivity index (χ4n) is 2.50. The molecule has 0 aliphatic rings. The van der Waals surface area contributed by atoms with Crippen molar-refractivity contribution in [2.45, 2.75) is 12.5 Å². The maximum absolute atomic E-state index is 13.0. The summed E-state index contributed by atoms with van der Waals surface area (Å²) in [6.45, 7) is 0. The first-order valence-electron chi connectivity index (χ1n) is 7.77. The van der Waals surface area contributed by atoms with Gasteiger partial charge in [-0.15, -0.1) is 13.2 Å². The van der Waals surface area contributed by atoms with Gasteiger partial charge in [-0.25, -0.2) is 9.48 Å². The van der Waals surface area contributed by atoms with E-state index in [0.29, 0.717) is 6.07 Å². The quantitative estimate of drug-likeness (QED) is 0.496. The molecular weight excluding hydrogens is 488 g/mol. The molecule has 0 unspecified atom stereocenters. The van der Waals surface area contributed by atoms with Gasteiger partial charge in [-0.05, 0) is 36.4 Å². The van der Waals surface area contributed by atoms with E-state index in [1.54, 1.807) is 0 Å². The van der Waals surface area contributed by atoms with Gasteiger partial charge >= 0.3 is 18.5 Å². The maximum atomic E-state index is 13.0. The molecule has 0 bridgehead atoms. The number of nitrogens with zero attached hydrogens (tertiary/aromatic N) is 3. The molecule has 3 rings (SSSR count). The second-order valence-corrected chi connectivity index (χ2v) is 6.67. The minimum atomic E-state index is -4.99. The summed E-state index contributed by atoms with van der Waals surface area (Å²) in [5.41, 5.74) is -2.06. The Morgan fingerprint density at radius 2 is 1.77 bits per heavy atom. The molecule has 2 heterocycles. The maximum Gasteiger partial charge on any atom is 0.573 e. The minimum Gasteiger partial charge on any atom is -0.476 e. The number of aromatic carboxylic acids is 1. The lowest BCUT2D eigenvalue weighted by Crippen LogP contribution is -2.17. The Morgan fingerprint density at radius 1 is 1.07 bits per heavy atom. The largest absolute Gasteiger partial charge is 0.573 e. The molecule has 13 heteroatoms. The topological polar surface area (TPSA) is 77.2 Å². The van der Waals surface area contributed by atoms with E-state index < -0.39 is 35.6 Å². The molecule has 0 radical (unpaired) electrons. The molecule has 0 atom stereocenters. The minimum absolute atomic E-state index is 0.00833. The summed E-state index contributed by atoms with van der Waals surface area (Å²) in [5.74, 6) is -2.11. The van der Waals surface area contributed by atoms with Crippen LogP contribution in [0.2, 0.25) is 0 Å². The molecule has 0 spiro atoms. The number of rotatable bonds is 4. The predicted octanol–water partition coefficient (Wildman–Crippen LogP) is 5.31. The van der Waals surface area contributed by atoms with Gasteiger partial charge in [0.2, 0.25) is 0 Å². The second kappa shape index (κ2) is 7.63. The summed E-state index contributed by atoms with van der Waals surface area (Å²) in [6, 6.07) is 6.08. The van der Waals surface area contributed by atoms with Crippen LogP contribution in [-0.2, 0) is 6.18 Å². The molecule has 3 aromatic rings. The van der Waals surface area contributed by atoms with Crippen molar-refractivity contribution in [1.29, 1.82) is 0 Å². The van der Waals surface area contributed by atoms with Gasteiger partial charge in [0.05, 0.1) is 11.4 Å². The van der Waals surface area contributed by atoms with E-state index in [1.807, 2.05) is 0 Å². The summed E-state index contributed by atoms with van der Waals surface area (Å²) in [7, 11) is 0. The normalized spacial score (nSPS) is 12.1. The molecule has 1 N–H and O–H groups in total. The van der Waals surface area contributed by atoms with Crippen molar-refractivity contribution in [3.05, 3.63) is 58.5 Å². The van der Waals surface area contributed by atoms with Gasteiger partial charge in [-0.3, -0.25) is 4.98 Å². The van der Waals surface area contributed by atoms with Crippen molar-refractivity contribution in [1.82, 2.24) is 14.8 Å². The third-order valence-corrected chi connectivity index (χ3v) is 4.07. The van der Waals surface area contributed by atoms with E-state index in [9.17, 15) is 36.2 Å². The van der Waals surface area contributed by atoms with Gasteiger partial charge in [0.1, 0.15) is 11.4 Å². The Balaban J connectivity index is 2.19. The van der Waals surface area contributed by atoms with E-state index in [4.69, 9.17) is 0 Å². The van der Waals surface area contributed by atoms with Crippen molar-refractivity contribution >= 4 is 21.9 Å². The van der Waals surface area contributed by atoms with E-state index >= 15 is 0 Å². The number of ether oxygens (including phenoxy) is 1. The summed E-state index contributed by atoms with van der Waals surface area (Å²) < 4.78 is 81.6. The summed E-state index contributed by atoms with van der Waals surface area (Å²) in [5, 5.41) is 13.0. The van der Waals surface area contributed by atoms with Crippen LogP contribution in [0.1, 0.15) is 16.2 Å². The lowest BCUT2D eigenvalue weighted by atomic mass is 10.1. The Morgan fingerprint density at radius 3 is 2.37 bits per heavy atom. The van der Waals surface area contributed by atoms with Crippen LogP contribution in [0, 0.1) is 0 Å². The fraction of sp³-hybridized carbons (Fsp3) is 0.118. The lowest BCUT2D eigenvalue weighted by molar-refractivity contribution is -0.274. The van der Waals surface area contributed by atoms with Crippen LogP contribution in [-0.4, -0.2) is 32.2 Å². The van der Waals surface area contributed by atoms with Gasteiger partial charge < -0.3 is 9.84 Å². The molecule has 0 aliphatic carbocycles. The molecule has 0 saturated carbocycles. The van der Waals surface area contributed by atoms with Crippen LogP contribution < -0.4 is 4.74 Å². The summed E-state index contributed by atoms with van der Waals surface area (Å²) >= 11 is 3.02. The lowest BCUT2D eigenvalue weighted by Gasteiger charge is -2.13. The van der Waals surface area contributed by atoms with Gasteiger partial charge in [-0.1, -0.05) is 15.9 Å². The molecule has 30 heavy (non-hydrogen) atoms. The standard InChI is InChI=1S/C17H8BrF6N3O3/c18-9-3-8(4-11(5-9)30-17(22,23)24)13-7-12(15(28)29)26-27(13)10-1-2-25-14(6-10)16(19,20)21/h1-7H,(H,28,29). The van der Waals surface area contributed by atoms with Crippen LogP contribution in [0.4, 0.5) is 26.3 Å². The first kappa shape index (κ1) is 21.6. The summed E-state index contributed by atoms with van der Waals surface area (Å²) in [6.07, 6.45) is -8.91. The zero-order chi connectivity index (χ0) is 22.3. The third kappa shape index (κ3) is 4.90. The number of benzene rings is 1. The number of alkyl halides is 6. The summed E-state index contributed by atoms with van der Waals surface area (Å²) in [4.78, 5) is 14.5. The van der Waals surface area contributed by atoms with E-state index in [1.165, 1.54) is 6.07 Å². The number of aromatic nitrogens is 3. The van der Waals surface area contributed by atoms with Gasteiger partial charge in [0.25, 0.3) is 0 Å². The number of hydrogen-bond donors (Lipinski definition) is 1. The first-order chi connectivity index (χ1) is 13.8. The van der Waals surface area contributed by atoms with Crippen molar-refractivity contribution in [3.8, 4) is 22.7 Å². The number of pyridine rings is 1. The predicted molar refractivity (Wildman–Crippen MR) is 93.1 cm³/mol. The highest BCUT2D eigenvalue weighted by atomic mass is 79.9. The van der Waals surface area contributed by atoms with Crippen molar-refractivity contribution in [2.75, 3.05) is 0 Å². The van der Waals surface area contributed by atoms with E-state index in [2.05, 4.69) is 30.7 Å². The number of carboxylic acids is 1. The molecule has 158 valence electrons. The fourth-order valence-corrected chi connectivity index (χ4v) is 2.97. The zero-order valence-corrected chi connectivity index (χ0v) is 15.9. The van der Waals surface area contributed by atoms with E-state index in [0.717, 1.165) is 35.1 Å². The monoisotopic (exact) mass is 495 g/mol. The molecule has 2 aromatic heterocycles. The number of halogens is 7. The van der Waals surface area contributed by atoms with Crippen LogP contribution in [0.25, 0.3) is 16.9 Å². The Hall–Kier alpha value is -3.09. The molecule has 0 aliphatic heterocycles. The molecule has 0 amide bonds.